The Morgan fingerprint density at radius 3 is 2.29 bits per heavy atom. The van der Waals surface area contributed by atoms with Crippen LogP contribution >= 0.6 is 0 Å². The van der Waals surface area contributed by atoms with Crippen LogP contribution in [0.1, 0.15) is 63.7 Å². The molecule has 0 aliphatic heterocycles. The molecule has 3 nitrogen and oxygen atoms in total. The van der Waals surface area contributed by atoms with E-state index in [4.69, 9.17) is 5.11 Å². The summed E-state index contributed by atoms with van der Waals surface area (Å²) in [5.74, 6) is 0.382. The molecule has 1 N–H and O–H groups in total. The van der Waals surface area contributed by atoms with Gasteiger partial charge in [-0.15, -0.1) is 0 Å². The van der Waals surface area contributed by atoms with E-state index in [-0.39, 0.29) is 5.78 Å². The van der Waals surface area contributed by atoms with Gasteiger partial charge >= 0.3 is 5.97 Å². The lowest BCUT2D eigenvalue weighted by atomic mass is 9.89. The summed E-state index contributed by atoms with van der Waals surface area (Å²) in [5.41, 5.74) is 4.95. The van der Waals surface area contributed by atoms with Crippen LogP contribution in [0.4, 0.5) is 0 Å². The topological polar surface area (TPSA) is 54.4 Å². The van der Waals surface area contributed by atoms with Gasteiger partial charge in [-0.05, 0) is 59.9 Å². The normalized spacial score (nSPS) is 21.2. The van der Waals surface area contributed by atoms with Crippen molar-refractivity contribution in [1.29, 1.82) is 0 Å². The van der Waals surface area contributed by atoms with Crippen molar-refractivity contribution < 1.29 is 14.7 Å². The summed E-state index contributed by atoms with van der Waals surface area (Å²) in [4.78, 5) is 23.3. The SMILES string of the molecule is O=C(O)C=Cc1ccc(C(=O)c2ccc3c(c2)[C@@H]2CC[C@@H]3C2)cc1. The van der Waals surface area contributed by atoms with Gasteiger partial charge < -0.3 is 5.11 Å². The number of ketones is 1. The van der Waals surface area contributed by atoms with Crippen molar-refractivity contribution in [3.63, 3.8) is 0 Å². The van der Waals surface area contributed by atoms with Gasteiger partial charge in [0.05, 0.1) is 0 Å². The second-order valence-electron chi connectivity index (χ2n) is 6.67. The summed E-state index contributed by atoms with van der Waals surface area (Å²) in [6.07, 6.45) is 6.39. The third kappa shape index (κ3) is 2.56. The number of carbonyl (C=O) groups is 2. The van der Waals surface area contributed by atoms with E-state index in [9.17, 15) is 9.59 Å². The highest BCUT2D eigenvalue weighted by Crippen LogP contribution is 2.53. The molecule has 0 saturated heterocycles. The highest BCUT2D eigenvalue weighted by atomic mass is 16.4. The second kappa shape index (κ2) is 5.75. The van der Waals surface area contributed by atoms with E-state index in [0.29, 0.717) is 17.4 Å². The number of carboxylic acids is 1. The Labute approximate surface area is 140 Å². The maximum Gasteiger partial charge on any atom is 0.328 e. The smallest absolute Gasteiger partial charge is 0.328 e. The zero-order chi connectivity index (χ0) is 16.7. The average molecular weight is 318 g/mol. The van der Waals surface area contributed by atoms with E-state index in [1.165, 1.54) is 36.5 Å². The first kappa shape index (κ1) is 14.9. The van der Waals surface area contributed by atoms with Crippen LogP contribution in [0.5, 0.6) is 0 Å². The highest BCUT2D eigenvalue weighted by molar-refractivity contribution is 6.09. The first-order chi connectivity index (χ1) is 11.6. The fourth-order valence-electron chi connectivity index (χ4n) is 4.07. The van der Waals surface area contributed by atoms with Crippen LogP contribution in [0.3, 0.4) is 0 Å². The molecule has 24 heavy (non-hydrogen) atoms. The second-order valence-corrected chi connectivity index (χ2v) is 6.67. The van der Waals surface area contributed by atoms with Crippen molar-refractivity contribution in [2.24, 2.45) is 0 Å². The summed E-state index contributed by atoms with van der Waals surface area (Å²) < 4.78 is 0. The summed E-state index contributed by atoms with van der Waals surface area (Å²) in [6.45, 7) is 0. The molecule has 1 saturated carbocycles. The molecule has 2 aromatic rings. The molecule has 0 heterocycles. The standard InChI is InChI=1S/C21H18O3/c22-20(23)10-3-13-1-4-14(5-2-13)21(24)17-8-9-18-15-6-7-16(11-15)19(18)12-17/h1-5,8-10,12,15-16H,6-7,11H2,(H,22,23)/t15-,16-/m1/s1. The van der Waals surface area contributed by atoms with Crippen molar-refractivity contribution in [2.45, 2.75) is 31.1 Å². The minimum absolute atomic E-state index is 0.0225. The van der Waals surface area contributed by atoms with Crippen molar-refractivity contribution in [3.8, 4) is 0 Å². The van der Waals surface area contributed by atoms with Gasteiger partial charge in [-0.1, -0.05) is 36.4 Å². The van der Waals surface area contributed by atoms with Crippen LogP contribution in [0.2, 0.25) is 0 Å². The van der Waals surface area contributed by atoms with E-state index < -0.39 is 5.97 Å². The van der Waals surface area contributed by atoms with Crippen molar-refractivity contribution in [1.82, 2.24) is 0 Å². The van der Waals surface area contributed by atoms with Crippen LogP contribution in [-0.4, -0.2) is 16.9 Å². The first-order valence-corrected chi connectivity index (χ1v) is 8.31. The van der Waals surface area contributed by atoms with Crippen LogP contribution < -0.4 is 0 Å². The predicted molar refractivity (Wildman–Crippen MR) is 92.3 cm³/mol. The minimum Gasteiger partial charge on any atom is -0.478 e. The molecule has 1 fully saturated rings. The fraction of sp³-hybridized carbons (Fsp3) is 0.238. The minimum atomic E-state index is -0.984. The molecule has 0 amide bonds. The monoisotopic (exact) mass is 318 g/mol. The van der Waals surface area contributed by atoms with Crippen LogP contribution in [0, 0.1) is 0 Å². The molecule has 0 spiro atoms. The lowest BCUT2D eigenvalue weighted by Gasteiger charge is -2.15. The molecule has 2 aliphatic carbocycles. The number of hydrogen-bond donors (Lipinski definition) is 1. The fourth-order valence-corrected chi connectivity index (χ4v) is 4.07. The number of rotatable bonds is 4. The molecular weight excluding hydrogens is 300 g/mol. The summed E-state index contributed by atoms with van der Waals surface area (Å²) >= 11 is 0. The molecule has 3 heteroatoms. The Balaban J connectivity index is 1.58. The summed E-state index contributed by atoms with van der Waals surface area (Å²) in [6, 6.07) is 13.2. The summed E-state index contributed by atoms with van der Waals surface area (Å²) in [5, 5.41) is 8.65. The van der Waals surface area contributed by atoms with Gasteiger partial charge in [-0.25, -0.2) is 4.79 Å². The molecule has 120 valence electrons. The molecule has 2 aromatic carbocycles. The predicted octanol–water partition coefficient (Wildman–Crippen LogP) is 4.38. The lowest BCUT2D eigenvalue weighted by Crippen LogP contribution is -2.05. The Kier molecular flexibility index (Phi) is 3.57. The van der Waals surface area contributed by atoms with E-state index in [1.807, 2.05) is 6.07 Å². The quantitative estimate of drug-likeness (QED) is 0.672. The Morgan fingerprint density at radius 2 is 1.58 bits per heavy atom. The average Bonchev–Trinajstić information content (AvgIpc) is 3.22. The lowest BCUT2D eigenvalue weighted by molar-refractivity contribution is -0.131. The molecule has 4 rings (SSSR count). The third-order valence-corrected chi connectivity index (χ3v) is 5.25. The van der Waals surface area contributed by atoms with Crippen LogP contribution in [0.25, 0.3) is 6.08 Å². The van der Waals surface area contributed by atoms with Crippen LogP contribution in [0.15, 0.2) is 48.5 Å². The number of carbonyl (C=O) groups excluding carboxylic acids is 1. The number of carboxylic acid groups (broad SMARTS) is 1. The van der Waals surface area contributed by atoms with Gasteiger partial charge in [-0.2, -0.15) is 0 Å². The van der Waals surface area contributed by atoms with E-state index in [0.717, 1.165) is 17.2 Å². The maximum atomic E-state index is 12.7. The number of fused-ring (bicyclic) bond motifs is 5. The molecule has 0 radical (unpaired) electrons. The largest absolute Gasteiger partial charge is 0.478 e. The molecule has 0 unspecified atom stereocenters. The summed E-state index contributed by atoms with van der Waals surface area (Å²) in [7, 11) is 0. The van der Waals surface area contributed by atoms with Gasteiger partial charge in [0.1, 0.15) is 0 Å². The van der Waals surface area contributed by atoms with Gasteiger partial charge in [0.2, 0.25) is 0 Å². The van der Waals surface area contributed by atoms with E-state index >= 15 is 0 Å². The Morgan fingerprint density at radius 1 is 0.917 bits per heavy atom. The molecule has 2 bridgehead atoms. The molecular formula is C21H18O3. The molecule has 2 aliphatic rings. The van der Waals surface area contributed by atoms with E-state index in [1.54, 1.807) is 24.3 Å². The first-order valence-electron chi connectivity index (χ1n) is 8.31. The third-order valence-electron chi connectivity index (χ3n) is 5.25. The number of benzene rings is 2. The highest BCUT2D eigenvalue weighted by Gasteiger charge is 2.36. The van der Waals surface area contributed by atoms with Crippen molar-refractivity contribution in [3.05, 3.63) is 76.4 Å². The van der Waals surface area contributed by atoms with Crippen molar-refractivity contribution >= 4 is 17.8 Å². The number of aliphatic carboxylic acids is 1. The zero-order valence-corrected chi connectivity index (χ0v) is 13.2. The van der Waals surface area contributed by atoms with Gasteiger partial charge in [0.25, 0.3) is 0 Å². The van der Waals surface area contributed by atoms with Gasteiger partial charge in [0, 0.05) is 17.2 Å². The van der Waals surface area contributed by atoms with Gasteiger partial charge in [0.15, 0.2) is 5.78 Å². The van der Waals surface area contributed by atoms with Crippen LogP contribution in [-0.2, 0) is 4.79 Å². The number of hydrogen-bond acceptors (Lipinski definition) is 2. The molecule has 2 atom stereocenters. The van der Waals surface area contributed by atoms with Gasteiger partial charge in [-0.3, -0.25) is 4.79 Å². The van der Waals surface area contributed by atoms with E-state index in [2.05, 4.69) is 12.1 Å². The maximum absolute atomic E-state index is 12.7. The molecule has 0 aromatic heterocycles. The van der Waals surface area contributed by atoms with Crippen molar-refractivity contribution in [2.75, 3.05) is 0 Å². The Hall–Kier alpha value is -2.68. The zero-order valence-electron chi connectivity index (χ0n) is 13.2. The Bertz CT molecular complexity index is 846.